The molecular formula is C20H26N4O2S. The Labute approximate surface area is 160 Å². The molecule has 0 atom stereocenters. The van der Waals surface area contributed by atoms with Crippen molar-refractivity contribution in [1.29, 1.82) is 0 Å². The van der Waals surface area contributed by atoms with Gasteiger partial charge >= 0.3 is 0 Å². The summed E-state index contributed by atoms with van der Waals surface area (Å²) in [5, 5.41) is 4.41. The zero-order valence-electron chi connectivity index (χ0n) is 16.4. The van der Waals surface area contributed by atoms with E-state index in [9.17, 15) is 8.42 Å². The van der Waals surface area contributed by atoms with Gasteiger partial charge in [0.15, 0.2) is 5.65 Å². The average Bonchev–Trinajstić information content (AvgIpc) is 2.98. The van der Waals surface area contributed by atoms with E-state index < -0.39 is 10.0 Å². The van der Waals surface area contributed by atoms with Crippen LogP contribution in [0.5, 0.6) is 0 Å². The third-order valence-corrected chi connectivity index (χ3v) is 6.18. The van der Waals surface area contributed by atoms with E-state index in [1.54, 1.807) is 16.8 Å². The predicted molar refractivity (Wildman–Crippen MR) is 107 cm³/mol. The zero-order valence-corrected chi connectivity index (χ0v) is 17.3. The Hall–Kier alpha value is -2.25. The van der Waals surface area contributed by atoms with E-state index in [4.69, 9.17) is 0 Å². The number of aromatic nitrogens is 3. The highest BCUT2D eigenvalue weighted by Gasteiger charge is 2.19. The Kier molecular flexibility index (Phi) is 5.35. The molecule has 6 nitrogen and oxygen atoms in total. The molecule has 144 valence electrons. The van der Waals surface area contributed by atoms with Gasteiger partial charge in [0.25, 0.3) is 0 Å². The molecule has 0 saturated carbocycles. The van der Waals surface area contributed by atoms with Gasteiger partial charge in [-0.25, -0.2) is 22.6 Å². The Morgan fingerprint density at radius 1 is 1.15 bits per heavy atom. The van der Waals surface area contributed by atoms with E-state index in [2.05, 4.69) is 28.7 Å². The van der Waals surface area contributed by atoms with Crippen molar-refractivity contribution in [1.82, 2.24) is 19.3 Å². The van der Waals surface area contributed by atoms with Crippen molar-refractivity contribution in [2.45, 2.75) is 45.9 Å². The highest BCUT2D eigenvalue weighted by molar-refractivity contribution is 7.89. The fourth-order valence-corrected chi connectivity index (χ4v) is 4.41. The summed E-state index contributed by atoms with van der Waals surface area (Å²) in [6, 6.07) is 7.42. The second-order valence-electron chi connectivity index (χ2n) is 7.39. The molecular weight excluding hydrogens is 360 g/mol. The average molecular weight is 387 g/mol. The number of fused-ring (bicyclic) bond motifs is 1. The second kappa shape index (κ2) is 7.40. The lowest BCUT2D eigenvalue weighted by Gasteiger charge is -2.12. The number of aryl methyl sites for hydroxylation is 3. The number of sulfonamides is 1. The zero-order chi connectivity index (χ0) is 19.8. The maximum atomic E-state index is 12.8. The third kappa shape index (κ3) is 4.04. The lowest BCUT2D eigenvalue weighted by atomic mass is 10.1. The lowest BCUT2D eigenvalue weighted by molar-refractivity contribution is 0.551. The summed E-state index contributed by atoms with van der Waals surface area (Å²) in [5.74, 6) is 0.441. The summed E-state index contributed by atoms with van der Waals surface area (Å²) >= 11 is 0. The fraction of sp³-hybridized carbons (Fsp3) is 0.400. The van der Waals surface area contributed by atoms with Crippen LogP contribution in [0.4, 0.5) is 0 Å². The van der Waals surface area contributed by atoms with E-state index in [1.165, 1.54) is 0 Å². The predicted octanol–water partition coefficient (Wildman–Crippen LogP) is 3.65. The van der Waals surface area contributed by atoms with Gasteiger partial charge in [0.1, 0.15) is 0 Å². The first-order valence-corrected chi connectivity index (χ1v) is 10.6. The largest absolute Gasteiger partial charge is 0.240 e. The van der Waals surface area contributed by atoms with Crippen molar-refractivity contribution in [2.75, 3.05) is 6.54 Å². The third-order valence-electron chi connectivity index (χ3n) is 4.58. The van der Waals surface area contributed by atoms with Gasteiger partial charge in [-0.1, -0.05) is 26.0 Å². The Balaban J connectivity index is 2.04. The second-order valence-corrected chi connectivity index (χ2v) is 9.13. The van der Waals surface area contributed by atoms with Crippen LogP contribution in [0.25, 0.3) is 16.8 Å². The molecule has 0 saturated heterocycles. The van der Waals surface area contributed by atoms with Gasteiger partial charge in [-0.3, -0.25) is 0 Å². The minimum Gasteiger partial charge on any atom is -0.233 e. The van der Waals surface area contributed by atoms with E-state index in [1.807, 2.05) is 39.0 Å². The van der Waals surface area contributed by atoms with E-state index in [0.29, 0.717) is 22.9 Å². The Morgan fingerprint density at radius 2 is 1.89 bits per heavy atom. The molecule has 0 aliphatic rings. The Morgan fingerprint density at radius 3 is 2.59 bits per heavy atom. The van der Waals surface area contributed by atoms with Crippen molar-refractivity contribution < 1.29 is 8.42 Å². The molecule has 0 fully saturated rings. The number of hydrogen-bond donors (Lipinski definition) is 1. The highest BCUT2D eigenvalue weighted by atomic mass is 32.2. The van der Waals surface area contributed by atoms with Crippen molar-refractivity contribution >= 4 is 15.7 Å². The minimum atomic E-state index is -3.57. The molecule has 0 unspecified atom stereocenters. The van der Waals surface area contributed by atoms with Crippen LogP contribution in [0.15, 0.2) is 35.4 Å². The molecule has 3 aromatic rings. The minimum absolute atomic E-state index is 0.299. The summed E-state index contributed by atoms with van der Waals surface area (Å²) in [4.78, 5) is 4.89. The maximum Gasteiger partial charge on any atom is 0.240 e. The highest BCUT2D eigenvalue weighted by Crippen LogP contribution is 2.28. The lowest BCUT2D eigenvalue weighted by Crippen LogP contribution is -2.26. The van der Waals surface area contributed by atoms with Crippen LogP contribution >= 0.6 is 0 Å². The first kappa shape index (κ1) is 19.5. The number of nitrogens with one attached hydrogen (secondary N) is 1. The summed E-state index contributed by atoms with van der Waals surface area (Å²) < 4.78 is 30.0. The molecule has 0 bridgehead atoms. The molecule has 0 radical (unpaired) electrons. The van der Waals surface area contributed by atoms with Crippen LogP contribution < -0.4 is 4.72 Å². The summed E-state index contributed by atoms with van der Waals surface area (Å²) in [7, 11) is -3.57. The quantitative estimate of drug-likeness (QED) is 0.702. The molecule has 7 heteroatoms. The first-order chi connectivity index (χ1) is 12.7. The van der Waals surface area contributed by atoms with E-state index in [0.717, 1.165) is 34.6 Å². The smallest absolute Gasteiger partial charge is 0.233 e. The molecule has 0 aliphatic carbocycles. The molecule has 2 aromatic heterocycles. The summed E-state index contributed by atoms with van der Waals surface area (Å²) in [6.45, 7) is 10.3. The van der Waals surface area contributed by atoms with Gasteiger partial charge in [-0.05, 0) is 56.4 Å². The van der Waals surface area contributed by atoms with Crippen molar-refractivity contribution in [3.8, 4) is 11.1 Å². The molecule has 3 rings (SSSR count). The van der Waals surface area contributed by atoms with Crippen molar-refractivity contribution in [2.24, 2.45) is 5.92 Å². The molecule has 0 aliphatic heterocycles. The van der Waals surface area contributed by atoms with Crippen LogP contribution in [0.3, 0.4) is 0 Å². The van der Waals surface area contributed by atoms with Gasteiger partial charge in [-0.15, -0.1) is 0 Å². The van der Waals surface area contributed by atoms with Crippen LogP contribution in [0, 0.1) is 26.7 Å². The van der Waals surface area contributed by atoms with E-state index in [-0.39, 0.29) is 0 Å². The summed E-state index contributed by atoms with van der Waals surface area (Å²) in [5.41, 5.74) is 4.94. The Bertz CT molecular complexity index is 1080. The van der Waals surface area contributed by atoms with Crippen molar-refractivity contribution in [3.05, 3.63) is 47.4 Å². The molecule has 1 aromatic carbocycles. The number of nitrogens with zero attached hydrogens (tertiary/aromatic N) is 3. The van der Waals surface area contributed by atoms with E-state index >= 15 is 0 Å². The van der Waals surface area contributed by atoms with Gasteiger partial charge in [0.05, 0.1) is 11.1 Å². The molecule has 2 heterocycles. The number of rotatable bonds is 6. The number of hydrogen-bond acceptors (Lipinski definition) is 4. The molecule has 1 N–H and O–H groups in total. The summed E-state index contributed by atoms with van der Waals surface area (Å²) in [6.07, 6.45) is 2.54. The SMILES string of the molecule is Cc1cc(C)n2ncc(-c3ccc(C)c(S(=O)(=O)NCCC(C)C)c3)c2n1. The molecule has 0 amide bonds. The van der Waals surface area contributed by atoms with Crippen LogP contribution in [0.2, 0.25) is 0 Å². The first-order valence-electron chi connectivity index (χ1n) is 9.11. The topological polar surface area (TPSA) is 76.4 Å². The van der Waals surface area contributed by atoms with Crippen LogP contribution in [-0.4, -0.2) is 29.6 Å². The number of benzene rings is 1. The van der Waals surface area contributed by atoms with Crippen molar-refractivity contribution in [3.63, 3.8) is 0 Å². The molecule has 0 spiro atoms. The fourth-order valence-electron chi connectivity index (χ4n) is 3.09. The standard InChI is InChI=1S/C20H26N4O2S/c1-13(2)8-9-22-27(25,26)19-11-17(7-6-14(19)3)18-12-21-24-16(5)10-15(4)23-20(18)24/h6-7,10-13,22H,8-9H2,1-5H3. The normalized spacial score (nSPS) is 12.2. The maximum absolute atomic E-state index is 12.8. The molecule has 27 heavy (non-hydrogen) atoms. The van der Waals surface area contributed by atoms with Gasteiger partial charge in [-0.2, -0.15) is 5.10 Å². The van der Waals surface area contributed by atoms with Gasteiger partial charge in [0.2, 0.25) is 10.0 Å². The van der Waals surface area contributed by atoms with Crippen LogP contribution in [0.1, 0.15) is 37.2 Å². The van der Waals surface area contributed by atoms with Crippen LogP contribution in [-0.2, 0) is 10.0 Å². The van der Waals surface area contributed by atoms with Gasteiger partial charge in [0, 0.05) is 23.5 Å². The monoisotopic (exact) mass is 386 g/mol. The van der Waals surface area contributed by atoms with Gasteiger partial charge < -0.3 is 0 Å².